The number of halogens is 2. The summed E-state index contributed by atoms with van der Waals surface area (Å²) in [5, 5.41) is 5.64. The van der Waals surface area contributed by atoms with Crippen molar-refractivity contribution in [2.24, 2.45) is 11.8 Å². The maximum Gasteiger partial charge on any atom is 0.241 e. The lowest BCUT2D eigenvalue weighted by Gasteiger charge is -2.15. The standard InChI is InChI=1S/C19H17Cl2N3O3/c1-9-6-15(22-23(9)8-10-2-3-11(20)7-12(10)21)24-18(25)16-13-4-5-14(27-13)17(16)19(24)26/h2-3,6-7,13-14,16-17H,4-5,8H2,1H3/t13-,14+,16-,17-/m0/s1. The van der Waals surface area contributed by atoms with Gasteiger partial charge in [-0.15, -0.1) is 0 Å². The molecule has 140 valence electrons. The second-order valence-corrected chi connectivity index (χ2v) is 8.23. The molecular weight excluding hydrogens is 389 g/mol. The van der Waals surface area contributed by atoms with Gasteiger partial charge in [0.15, 0.2) is 5.82 Å². The van der Waals surface area contributed by atoms with Crippen molar-refractivity contribution < 1.29 is 14.3 Å². The van der Waals surface area contributed by atoms with Crippen molar-refractivity contribution in [3.05, 3.63) is 45.6 Å². The van der Waals surface area contributed by atoms with E-state index in [1.54, 1.807) is 22.9 Å². The van der Waals surface area contributed by atoms with Crippen LogP contribution >= 0.6 is 23.2 Å². The average Bonchev–Trinajstić information content (AvgIpc) is 3.35. The second kappa shape index (κ2) is 6.06. The van der Waals surface area contributed by atoms with Crippen LogP contribution in [0.5, 0.6) is 0 Å². The van der Waals surface area contributed by atoms with E-state index in [1.807, 2.05) is 13.0 Å². The van der Waals surface area contributed by atoms with E-state index in [4.69, 9.17) is 27.9 Å². The van der Waals surface area contributed by atoms with Crippen molar-refractivity contribution in [3.63, 3.8) is 0 Å². The molecule has 3 aliphatic rings. The van der Waals surface area contributed by atoms with Gasteiger partial charge in [-0.3, -0.25) is 14.3 Å². The number of imide groups is 1. The SMILES string of the molecule is Cc1cc(N2C(=O)[C@@H]3[C@@H](C2=O)[C@H]2CC[C@@H]3O2)nn1Cc1ccc(Cl)cc1Cl. The first-order valence-corrected chi connectivity index (χ1v) is 9.71. The number of nitrogens with zero attached hydrogens (tertiary/aromatic N) is 3. The van der Waals surface area contributed by atoms with Gasteiger partial charge in [0.05, 0.1) is 30.6 Å². The summed E-state index contributed by atoms with van der Waals surface area (Å²) in [6.07, 6.45) is 1.44. The Morgan fingerprint density at radius 1 is 1.11 bits per heavy atom. The molecule has 3 saturated heterocycles. The Hall–Kier alpha value is -1.89. The maximum absolute atomic E-state index is 12.9. The van der Waals surface area contributed by atoms with Gasteiger partial charge in [0.25, 0.3) is 0 Å². The first-order chi connectivity index (χ1) is 12.9. The molecule has 3 fully saturated rings. The minimum absolute atomic E-state index is 0.127. The molecule has 3 aliphatic heterocycles. The molecule has 1 aromatic heterocycles. The zero-order valence-corrected chi connectivity index (χ0v) is 16.1. The van der Waals surface area contributed by atoms with Crippen molar-refractivity contribution in [2.75, 3.05) is 4.90 Å². The lowest BCUT2D eigenvalue weighted by Crippen LogP contribution is -2.34. The molecule has 2 bridgehead atoms. The molecule has 0 saturated carbocycles. The molecule has 0 N–H and O–H groups in total. The van der Waals surface area contributed by atoms with Crippen LogP contribution in [0.25, 0.3) is 0 Å². The highest BCUT2D eigenvalue weighted by molar-refractivity contribution is 6.35. The highest BCUT2D eigenvalue weighted by Gasteiger charge is 2.63. The number of rotatable bonds is 3. The first-order valence-electron chi connectivity index (χ1n) is 8.95. The van der Waals surface area contributed by atoms with Crippen LogP contribution in [0, 0.1) is 18.8 Å². The van der Waals surface area contributed by atoms with E-state index in [0.29, 0.717) is 22.4 Å². The Morgan fingerprint density at radius 3 is 2.41 bits per heavy atom. The van der Waals surface area contributed by atoms with E-state index in [1.165, 1.54) is 4.90 Å². The number of benzene rings is 1. The van der Waals surface area contributed by atoms with E-state index < -0.39 is 0 Å². The van der Waals surface area contributed by atoms with Crippen molar-refractivity contribution in [2.45, 2.75) is 38.5 Å². The van der Waals surface area contributed by atoms with E-state index in [-0.39, 0.29) is 35.9 Å². The van der Waals surface area contributed by atoms with Crippen molar-refractivity contribution in [1.29, 1.82) is 0 Å². The highest BCUT2D eigenvalue weighted by Crippen LogP contribution is 2.49. The number of hydrogen-bond acceptors (Lipinski definition) is 4. The molecule has 8 heteroatoms. The van der Waals surface area contributed by atoms with Gasteiger partial charge < -0.3 is 4.74 Å². The molecule has 1 aromatic carbocycles. The number of anilines is 1. The van der Waals surface area contributed by atoms with Crippen LogP contribution in [0.15, 0.2) is 24.3 Å². The van der Waals surface area contributed by atoms with Crippen LogP contribution in [-0.2, 0) is 20.9 Å². The molecule has 4 heterocycles. The van der Waals surface area contributed by atoms with Crippen LogP contribution in [0.4, 0.5) is 5.82 Å². The lowest BCUT2D eigenvalue weighted by atomic mass is 9.81. The summed E-state index contributed by atoms with van der Waals surface area (Å²) in [5.41, 5.74) is 1.70. The largest absolute Gasteiger partial charge is 0.373 e. The van der Waals surface area contributed by atoms with E-state index >= 15 is 0 Å². The molecule has 2 amide bonds. The fourth-order valence-corrected chi connectivity index (χ4v) is 4.98. The van der Waals surface area contributed by atoms with Crippen LogP contribution < -0.4 is 4.90 Å². The van der Waals surface area contributed by atoms with Crippen LogP contribution in [0.3, 0.4) is 0 Å². The Bertz CT molecular complexity index is 945. The number of fused-ring (bicyclic) bond motifs is 5. The Kier molecular flexibility index (Phi) is 3.86. The monoisotopic (exact) mass is 405 g/mol. The summed E-state index contributed by atoms with van der Waals surface area (Å²) in [4.78, 5) is 27.0. The average molecular weight is 406 g/mol. The van der Waals surface area contributed by atoms with Gasteiger partial charge in [-0.1, -0.05) is 29.3 Å². The third kappa shape index (κ3) is 2.54. The maximum atomic E-state index is 12.9. The molecule has 0 radical (unpaired) electrons. The molecule has 4 atom stereocenters. The molecule has 0 aliphatic carbocycles. The Morgan fingerprint density at radius 2 is 1.78 bits per heavy atom. The number of ether oxygens (including phenoxy) is 1. The number of aryl methyl sites for hydroxylation is 1. The van der Waals surface area contributed by atoms with Crippen LogP contribution in [-0.4, -0.2) is 33.8 Å². The number of carbonyl (C=O) groups excluding carboxylic acids is 2. The molecule has 2 aromatic rings. The molecular formula is C19H17Cl2N3O3. The summed E-state index contributed by atoms with van der Waals surface area (Å²) in [7, 11) is 0. The molecule has 27 heavy (non-hydrogen) atoms. The smallest absolute Gasteiger partial charge is 0.241 e. The highest BCUT2D eigenvalue weighted by atomic mass is 35.5. The van der Waals surface area contributed by atoms with Crippen LogP contribution in [0.2, 0.25) is 10.0 Å². The van der Waals surface area contributed by atoms with Gasteiger partial charge in [0, 0.05) is 21.8 Å². The third-order valence-electron chi connectivity index (χ3n) is 5.82. The molecule has 0 spiro atoms. The minimum atomic E-state index is -0.354. The zero-order valence-electron chi connectivity index (χ0n) is 14.6. The number of aromatic nitrogens is 2. The molecule has 5 rings (SSSR count). The van der Waals surface area contributed by atoms with Gasteiger partial charge >= 0.3 is 0 Å². The van der Waals surface area contributed by atoms with Gasteiger partial charge in [0.2, 0.25) is 11.8 Å². The normalized spacial score (nSPS) is 29.1. The summed E-state index contributed by atoms with van der Waals surface area (Å²) >= 11 is 12.2. The fourth-order valence-electron chi connectivity index (χ4n) is 4.51. The Labute approximate surface area is 166 Å². The number of amides is 2. The predicted octanol–water partition coefficient (Wildman–Crippen LogP) is 3.21. The van der Waals surface area contributed by atoms with E-state index in [9.17, 15) is 9.59 Å². The summed E-state index contributed by atoms with van der Waals surface area (Å²) in [6, 6.07) is 7.07. The van der Waals surface area contributed by atoms with E-state index in [0.717, 1.165) is 24.1 Å². The lowest BCUT2D eigenvalue weighted by molar-refractivity contribution is -0.124. The first kappa shape index (κ1) is 17.2. The van der Waals surface area contributed by atoms with Crippen LogP contribution in [0.1, 0.15) is 24.1 Å². The van der Waals surface area contributed by atoms with Crippen molar-refractivity contribution in [3.8, 4) is 0 Å². The fraction of sp³-hybridized carbons (Fsp3) is 0.421. The van der Waals surface area contributed by atoms with Gasteiger partial charge in [-0.2, -0.15) is 5.10 Å². The quantitative estimate of drug-likeness (QED) is 0.735. The van der Waals surface area contributed by atoms with E-state index in [2.05, 4.69) is 5.10 Å². The number of hydrogen-bond donors (Lipinski definition) is 0. The number of carbonyl (C=O) groups is 2. The minimum Gasteiger partial charge on any atom is -0.373 e. The third-order valence-corrected chi connectivity index (χ3v) is 6.40. The molecule has 0 unspecified atom stereocenters. The van der Waals surface area contributed by atoms with Crippen molar-refractivity contribution in [1.82, 2.24) is 9.78 Å². The second-order valence-electron chi connectivity index (χ2n) is 7.39. The van der Waals surface area contributed by atoms with Gasteiger partial charge in [0.1, 0.15) is 0 Å². The topological polar surface area (TPSA) is 64.4 Å². The summed E-state index contributed by atoms with van der Waals surface area (Å²) in [6.45, 7) is 2.32. The molecule has 6 nitrogen and oxygen atoms in total. The zero-order chi connectivity index (χ0) is 18.9. The summed E-state index contributed by atoms with van der Waals surface area (Å²) in [5.74, 6) is -0.709. The van der Waals surface area contributed by atoms with Crippen molar-refractivity contribution >= 4 is 40.8 Å². The van der Waals surface area contributed by atoms with Gasteiger partial charge in [-0.05, 0) is 37.5 Å². The Balaban J connectivity index is 1.44. The van der Waals surface area contributed by atoms with Gasteiger partial charge in [-0.25, -0.2) is 4.90 Å². The summed E-state index contributed by atoms with van der Waals surface area (Å²) < 4.78 is 7.52. The predicted molar refractivity (Wildman–Crippen MR) is 99.9 cm³/mol.